The first-order valence-electron chi connectivity index (χ1n) is 11.4. The number of fused-ring (bicyclic) bond motifs is 1. The molecule has 0 spiro atoms. The molecule has 7 nitrogen and oxygen atoms in total. The number of halogens is 1. The Bertz CT molecular complexity index is 1260. The van der Waals surface area contributed by atoms with Crippen LogP contribution in [0.1, 0.15) is 47.9 Å². The van der Waals surface area contributed by atoms with E-state index in [1.165, 1.54) is 30.2 Å². The van der Waals surface area contributed by atoms with Gasteiger partial charge in [-0.15, -0.1) is 0 Å². The maximum atomic E-state index is 14.9. The molecule has 2 aromatic carbocycles. The Morgan fingerprint density at radius 1 is 1.03 bits per heavy atom. The zero-order chi connectivity index (χ0) is 25.1. The van der Waals surface area contributed by atoms with Gasteiger partial charge >= 0.3 is 0 Å². The molecule has 3 amide bonds. The lowest BCUT2D eigenvalue weighted by Crippen LogP contribution is -2.44. The number of rotatable bonds is 8. The number of nitrogens with one attached hydrogen (secondary N) is 1. The summed E-state index contributed by atoms with van der Waals surface area (Å²) in [6.07, 6.45) is 2.05. The highest BCUT2D eigenvalue weighted by molar-refractivity contribution is 6.21. The average molecular weight is 476 g/mol. The van der Waals surface area contributed by atoms with Crippen LogP contribution in [0.2, 0.25) is 0 Å². The number of nitrogens with zero attached hydrogens (tertiary/aromatic N) is 2. The summed E-state index contributed by atoms with van der Waals surface area (Å²) in [5.74, 6) is -0.968. The van der Waals surface area contributed by atoms with Gasteiger partial charge in [-0.05, 0) is 59.9 Å². The van der Waals surface area contributed by atoms with E-state index in [0.29, 0.717) is 34.5 Å². The van der Waals surface area contributed by atoms with Crippen LogP contribution in [0.5, 0.6) is 5.75 Å². The molecule has 0 fully saturated rings. The lowest BCUT2D eigenvalue weighted by atomic mass is 10.0. The second kappa shape index (κ2) is 10.0. The summed E-state index contributed by atoms with van der Waals surface area (Å²) < 4.78 is 20.7. The standard InChI is InChI=1S/C27H26FN3O4/c1-16(2)12-20(31-26(33)21-6-4-5-7-22(21)27(31)34)15-35-24-9-8-18(13-23(24)28)19-10-11-29-25(14-19)30-17(3)32/h4-11,13-14,16,20H,12,15H2,1-3H3,(H,29,30,32)/t20-/m0/s1. The molecule has 2 heterocycles. The Balaban J connectivity index is 1.52. The summed E-state index contributed by atoms with van der Waals surface area (Å²) in [5, 5.41) is 2.60. The van der Waals surface area contributed by atoms with Crippen molar-refractivity contribution in [3.63, 3.8) is 0 Å². The number of carbonyl (C=O) groups is 3. The molecule has 0 saturated carbocycles. The van der Waals surface area contributed by atoms with Crippen LogP contribution in [0.15, 0.2) is 60.8 Å². The number of benzene rings is 2. The smallest absolute Gasteiger partial charge is 0.261 e. The maximum absolute atomic E-state index is 14.9. The summed E-state index contributed by atoms with van der Waals surface area (Å²) >= 11 is 0. The lowest BCUT2D eigenvalue weighted by Gasteiger charge is -2.27. The predicted molar refractivity (Wildman–Crippen MR) is 130 cm³/mol. The van der Waals surface area contributed by atoms with Gasteiger partial charge in [0.15, 0.2) is 11.6 Å². The van der Waals surface area contributed by atoms with Gasteiger partial charge in [-0.25, -0.2) is 9.37 Å². The number of pyridine rings is 1. The molecule has 1 aliphatic heterocycles. The first-order valence-corrected chi connectivity index (χ1v) is 11.4. The Labute approximate surface area is 202 Å². The van der Waals surface area contributed by atoms with Crippen LogP contribution in [0, 0.1) is 11.7 Å². The monoisotopic (exact) mass is 475 g/mol. The van der Waals surface area contributed by atoms with Crippen molar-refractivity contribution >= 4 is 23.5 Å². The van der Waals surface area contributed by atoms with Gasteiger partial charge in [0.1, 0.15) is 12.4 Å². The number of hydrogen-bond donors (Lipinski definition) is 1. The van der Waals surface area contributed by atoms with E-state index < -0.39 is 11.9 Å². The summed E-state index contributed by atoms with van der Waals surface area (Å²) in [5.41, 5.74) is 2.01. The molecule has 1 aromatic heterocycles. The summed E-state index contributed by atoms with van der Waals surface area (Å²) in [6.45, 7) is 5.34. The van der Waals surface area contributed by atoms with E-state index in [-0.39, 0.29) is 36.0 Å². The van der Waals surface area contributed by atoms with Gasteiger partial charge in [0.25, 0.3) is 11.8 Å². The summed E-state index contributed by atoms with van der Waals surface area (Å²) in [6, 6.07) is 14.1. The van der Waals surface area contributed by atoms with Crippen molar-refractivity contribution in [1.29, 1.82) is 0 Å². The van der Waals surface area contributed by atoms with Gasteiger partial charge in [0.2, 0.25) is 5.91 Å². The van der Waals surface area contributed by atoms with Crippen LogP contribution in [-0.2, 0) is 4.79 Å². The fourth-order valence-corrected chi connectivity index (χ4v) is 4.17. The Morgan fingerprint density at radius 2 is 1.69 bits per heavy atom. The Morgan fingerprint density at radius 3 is 2.29 bits per heavy atom. The lowest BCUT2D eigenvalue weighted by molar-refractivity contribution is -0.114. The molecule has 1 atom stereocenters. The minimum atomic E-state index is -0.578. The second-order valence-electron chi connectivity index (χ2n) is 8.88. The molecule has 0 aliphatic carbocycles. The number of carbonyl (C=O) groups excluding carboxylic acids is 3. The molecule has 35 heavy (non-hydrogen) atoms. The largest absolute Gasteiger partial charge is 0.488 e. The van der Waals surface area contributed by atoms with Gasteiger partial charge < -0.3 is 10.1 Å². The highest BCUT2D eigenvalue weighted by atomic mass is 19.1. The van der Waals surface area contributed by atoms with Crippen LogP contribution < -0.4 is 10.1 Å². The van der Waals surface area contributed by atoms with E-state index in [0.717, 1.165) is 0 Å². The summed E-state index contributed by atoms with van der Waals surface area (Å²) in [4.78, 5) is 42.5. The number of aromatic nitrogens is 1. The molecule has 0 saturated heterocycles. The molecule has 1 N–H and O–H groups in total. The molecule has 0 bridgehead atoms. The highest BCUT2D eigenvalue weighted by Gasteiger charge is 2.40. The number of hydrogen-bond acceptors (Lipinski definition) is 5. The molecular formula is C27H26FN3O4. The van der Waals surface area contributed by atoms with Crippen LogP contribution in [0.3, 0.4) is 0 Å². The quantitative estimate of drug-likeness (QED) is 0.467. The van der Waals surface area contributed by atoms with Crippen molar-refractivity contribution < 1.29 is 23.5 Å². The molecule has 3 aromatic rings. The topological polar surface area (TPSA) is 88.6 Å². The number of amides is 3. The third-order valence-corrected chi connectivity index (χ3v) is 5.69. The van der Waals surface area contributed by atoms with Gasteiger partial charge in [0, 0.05) is 13.1 Å². The van der Waals surface area contributed by atoms with Gasteiger partial charge in [0.05, 0.1) is 17.2 Å². The maximum Gasteiger partial charge on any atom is 0.261 e. The van der Waals surface area contributed by atoms with E-state index in [1.54, 1.807) is 42.5 Å². The van der Waals surface area contributed by atoms with E-state index in [4.69, 9.17) is 4.74 Å². The fourth-order valence-electron chi connectivity index (χ4n) is 4.17. The van der Waals surface area contributed by atoms with Crippen LogP contribution in [-0.4, -0.2) is 40.3 Å². The number of anilines is 1. The van der Waals surface area contributed by atoms with E-state index in [2.05, 4.69) is 10.3 Å². The van der Waals surface area contributed by atoms with Gasteiger partial charge in [-0.3, -0.25) is 19.3 Å². The number of ether oxygens (including phenoxy) is 1. The highest BCUT2D eigenvalue weighted by Crippen LogP contribution is 2.30. The summed E-state index contributed by atoms with van der Waals surface area (Å²) in [7, 11) is 0. The van der Waals surface area contributed by atoms with Crippen molar-refractivity contribution in [1.82, 2.24) is 9.88 Å². The molecule has 8 heteroatoms. The van der Waals surface area contributed by atoms with E-state index >= 15 is 0 Å². The molecule has 1 aliphatic rings. The minimum Gasteiger partial charge on any atom is -0.488 e. The third kappa shape index (κ3) is 5.21. The molecule has 180 valence electrons. The van der Waals surface area contributed by atoms with Gasteiger partial charge in [-0.2, -0.15) is 0 Å². The molecule has 4 rings (SSSR count). The predicted octanol–water partition coefficient (Wildman–Crippen LogP) is 4.94. The molecule has 0 radical (unpaired) electrons. The Kier molecular flexibility index (Phi) is 6.91. The average Bonchev–Trinajstić information content (AvgIpc) is 3.07. The molecular weight excluding hydrogens is 449 g/mol. The molecule has 0 unspecified atom stereocenters. The van der Waals surface area contributed by atoms with Crippen LogP contribution >= 0.6 is 0 Å². The fraction of sp³-hybridized carbons (Fsp3) is 0.259. The zero-order valence-corrected chi connectivity index (χ0v) is 19.7. The van der Waals surface area contributed by atoms with Crippen molar-refractivity contribution in [2.45, 2.75) is 33.2 Å². The van der Waals surface area contributed by atoms with E-state index in [9.17, 15) is 18.8 Å². The van der Waals surface area contributed by atoms with Crippen molar-refractivity contribution in [3.05, 3.63) is 77.7 Å². The van der Waals surface area contributed by atoms with E-state index in [1.807, 2.05) is 13.8 Å². The number of imide groups is 1. The van der Waals surface area contributed by atoms with Crippen LogP contribution in [0.25, 0.3) is 11.1 Å². The Hall–Kier alpha value is -4.07. The minimum absolute atomic E-state index is 0.0234. The first-order chi connectivity index (χ1) is 16.7. The first kappa shape index (κ1) is 24.1. The van der Waals surface area contributed by atoms with Crippen molar-refractivity contribution in [3.8, 4) is 16.9 Å². The third-order valence-electron chi connectivity index (χ3n) is 5.69. The van der Waals surface area contributed by atoms with Gasteiger partial charge in [-0.1, -0.05) is 32.0 Å². The van der Waals surface area contributed by atoms with Crippen molar-refractivity contribution in [2.24, 2.45) is 5.92 Å². The zero-order valence-electron chi connectivity index (χ0n) is 19.7. The van der Waals surface area contributed by atoms with Crippen molar-refractivity contribution in [2.75, 3.05) is 11.9 Å². The SMILES string of the molecule is CC(=O)Nc1cc(-c2ccc(OC[C@H](CC(C)C)N3C(=O)c4ccccc4C3=O)c(F)c2)ccn1. The van der Waals surface area contributed by atoms with Crippen LogP contribution in [0.4, 0.5) is 10.2 Å². The normalized spacial score (nSPS) is 13.7. The second-order valence-corrected chi connectivity index (χ2v) is 8.88.